The molecule has 0 fully saturated rings. The van der Waals surface area contributed by atoms with E-state index in [0.717, 1.165) is 6.42 Å². The third-order valence-corrected chi connectivity index (χ3v) is 2.93. The molecule has 0 aromatic heterocycles. The summed E-state index contributed by atoms with van der Waals surface area (Å²) in [5.41, 5.74) is 5.25. The lowest BCUT2D eigenvalue weighted by atomic mass is 9.77. The van der Waals surface area contributed by atoms with Gasteiger partial charge in [-0.2, -0.15) is 0 Å². The van der Waals surface area contributed by atoms with E-state index in [0.29, 0.717) is 32.1 Å². The van der Waals surface area contributed by atoms with Crippen molar-refractivity contribution < 1.29 is 14.3 Å². The average Bonchev–Trinajstić information content (AvgIpc) is 2.26. The van der Waals surface area contributed by atoms with Crippen LogP contribution in [0.1, 0.15) is 47.5 Å². The summed E-state index contributed by atoms with van der Waals surface area (Å²) in [6, 6.07) is 0. The van der Waals surface area contributed by atoms with Crippen LogP contribution < -0.4 is 5.73 Å². The minimum absolute atomic E-state index is 0.168. The van der Waals surface area contributed by atoms with Crippen molar-refractivity contribution in [3.63, 3.8) is 0 Å². The number of esters is 1. The number of ether oxygens (including phenoxy) is 2. The third kappa shape index (κ3) is 5.83. The number of hydrogen-bond donors (Lipinski definition) is 1. The van der Waals surface area contributed by atoms with E-state index in [-0.39, 0.29) is 12.1 Å². The summed E-state index contributed by atoms with van der Waals surface area (Å²) < 4.78 is 10.7. The Labute approximate surface area is 111 Å². The van der Waals surface area contributed by atoms with E-state index < -0.39 is 5.41 Å². The Morgan fingerprint density at radius 3 is 2.28 bits per heavy atom. The van der Waals surface area contributed by atoms with E-state index in [9.17, 15) is 4.79 Å². The van der Waals surface area contributed by atoms with Gasteiger partial charge in [0.1, 0.15) is 0 Å². The van der Waals surface area contributed by atoms with Crippen LogP contribution in [0.25, 0.3) is 0 Å². The van der Waals surface area contributed by atoms with E-state index in [1.54, 1.807) is 0 Å². The van der Waals surface area contributed by atoms with Crippen LogP contribution in [0.5, 0.6) is 0 Å². The number of hydrogen-bond acceptors (Lipinski definition) is 4. The van der Waals surface area contributed by atoms with Gasteiger partial charge < -0.3 is 15.2 Å². The highest BCUT2D eigenvalue weighted by molar-refractivity contribution is 5.77. The average molecular weight is 259 g/mol. The van der Waals surface area contributed by atoms with Crippen molar-refractivity contribution in [2.24, 2.45) is 17.1 Å². The fraction of sp³-hybridized carbons (Fsp3) is 0.929. The molecule has 0 spiro atoms. The largest absolute Gasteiger partial charge is 0.466 e. The van der Waals surface area contributed by atoms with Crippen LogP contribution in [0.15, 0.2) is 0 Å². The maximum atomic E-state index is 12.1. The van der Waals surface area contributed by atoms with Crippen molar-refractivity contribution in [3.05, 3.63) is 0 Å². The summed E-state index contributed by atoms with van der Waals surface area (Å²) in [5, 5.41) is 0. The van der Waals surface area contributed by atoms with Crippen LogP contribution in [0, 0.1) is 11.3 Å². The Balaban J connectivity index is 4.69. The fourth-order valence-electron chi connectivity index (χ4n) is 2.11. The van der Waals surface area contributed by atoms with Gasteiger partial charge in [-0.3, -0.25) is 4.79 Å². The number of carbonyl (C=O) groups is 1. The van der Waals surface area contributed by atoms with Gasteiger partial charge in [0.15, 0.2) is 0 Å². The van der Waals surface area contributed by atoms with Crippen molar-refractivity contribution in [1.29, 1.82) is 0 Å². The summed E-state index contributed by atoms with van der Waals surface area (Å²) in [7, 11) is 0. The van der Waals surface area contributed by atoms with E-state index >= 15 is 0 Å². The Morgan fingerprint density at radius 2 is 1.89 bits per heavy atom. The van der Waals surface area contributed by atoms with Crippen LogP contribution in [0.4, 0.5) is 0 Å². The van der Waals surface area contributed by atoms with Crippen molar-refractivity contribution in [3.8, 4) is 0 Å². The predicted octanol–water partition coefficient (Wildman–Crippen LogP) is 2.36. The molecule has 0 aromatic carbocycles. The fourth-order valence-corrected chi connectivity index (χ4v) is 2.11. The van der Waals surface area contributed by atoms with Crippen LogP contribution in [0.2, 0.25) is 0 Å². The molecule has 4 heteroatoms. The molecule has 0 aliphatic rings. The predicted molar refractivity (Wildman–Crippen MR) is 73.3 cm³/mol. The summed E-state index contributed by atoms with van der Waals surface area (Å²) in [4.78, 5) is 12.1. The number of rotatable bonds is 9. The second-order valence-electron chi connectivity index (χ2n) is 5.47. The van der Waals surface area contributed by atoms with Gasteiger partial charge in [-0.15, -0.1) is 0 Å². The third-order valence-electron chi connectivity index (χ3n) is 2.93. The molecule has 0 saturated carbocycles. The molecule has 0 bridgehead atoms. The van der Waals surface area contributed by atoms with Gasteiger partial charge in [0.25, 0.3) is 0 Å². The first-order valence-corrected chi connectivity index (χ1v) is 6.86. The van der Waals surface area contributed by atoms with Crippen molar-refractivity contribution >= 4 is 5.97 Å². The molecule has 4 nitrogen and oxygen atoms in total. The molecule has 0 saturated heterocycles. The van der Waals surface area contributed by atoms with Gasteiger partial charge in [0.05, 0.1) is 18.1 Å². The molecule has 18 heavy (non-hydrogen) atoms. The van der Waals surface area contributed by atoms with E-state index in [1.165, 1.54) is 0 Å². The minimum Gasteiger partial charge on any atom is -0.466 e. The van der Waals surface area contributed by atoms with Gasteiger partial charge in [0, 0.05) is 13.2 Å². The minimum atomic E-state index is -0.598. The van der Waals surface area contributed by atoms with Crippen LogP contribution >= 0.6 is 0 Å². The van der Waals surface area contributed by atoms with E-state index in [2.05, 4.69) is 13.8 Å². The second-order valence-corrected chi connectivity index (χ2v) is 5.47. The zero-order valence-electron chi connectivity index (χ0n) is 12.5. The maximum absolute atomic E-state index is 12.1. The molecule has 0 radical (unpaired) electrons. The molecule has 0 heterocycles. The standard InChI is InChI=1S/C14H29NO3/c1-6-17-13(16)14(10-15,9-11(2)3)7-8-18-12(4)5/h11-12H,6-10,15H2,1-5H3. The Bertz CT molecular complexity index is 241. The lowest BCUT2D eigenvalue weighted by molar-refractivity contribution is -0.157. The first-order valence-electron chi connectivity index (χ1n) is 6.86. The molecule has 0 amide bonds. The lowest BCUT2D eigenvalue weighted by Gasteiger charge is -2.31. The summed E-state index contributed by atoms with van der Waals surface area (Å²) in [6.07, 6.45) is 1.53. The molecule has 1 atom stereocenters. The molecule has 1 unspecified atom stereocenters. The highest BCUT2D eigenvalue weighted by atomic mass is 16.5. The van der Waals surface area contributed by atoms with Crippen LogP contribution in [0.3, 0.4) is 0 Å². The van der Waals surface area contributed by atoms with Gasteiger partial charge in [-0.1, -0.05) is 13.8 Å². The molecular weight excluding hydrogens is 230 g/mol. The molecule has 0 aliphatic carbocycles. The molecule has 0 rings (SSSR count). The van der Waals surface area contributed by atoms with Crippen molar-refractivity contribution in [2.75, 3.05) is 19.8 Å². The summed E-state index contributed by atoms with van der Waals surface area (Å²) in [5.74, 6) is 0.213. The molecule has 0 aromatic rings. The first kappa shape index (κ1) is 17.4. The Kier molecular flexibility index (Phi) is 8.20. The second kappa shape index (κ2) is 8.48. The molecule has 108 valence electrons. The van der Waals surface area contributed by atoms with E-state index in [1.807, 2.05) is 20.8 Å². The van der Waals surface area contributed by atoms with Gasteiger partial charge in [-0.25, -0.2) is 0 Å². The number of nitrogens with two attached hydrogens (primary N) is 1. The SMILES string of the molecule is CCOC(=O)C(CN)(CCOC(C)C)CC(C)C. The first-order chi connectivity index (χ1) is 8.38. The highest BCUT2D eigenvalue weighted by Gasteiger charge is 2.38. The smallest absolute Gasteiger partial charge is 0.313 e. The zero-order chi connectivity index (χ0) is 14.2. The van der Waals surface area contributed by atoms with Crippen LogP contribution in [-0.2, 0) is 14.3 Å². The maximum Gasteiger partial charge on any atom is 0.313 e. The zero-order valence-corrected chi connectivity index (χ0v) is 12.5. The number of carbonyl (C=O) groups excluding carboxylic acids is 1. The summed E-state index contributed by atoms with van der Waals surface area (Å²) in [6.45, 7) is 11.2. The Hall–Kier alpha value is -0.610. The van der Waals surface area contributed by atoms with Gasteiger partial charge >= 0.3 is 5.97 Å². The molecule has 0 aliphatic heterocycles. The summed E-state index contributed by atoms with van der Waals surface area (Å²) >= 11 is 0. The normalized spacial score (nSPS) is 14.9. The van der Waals surface area contributed by atoms with E-state index in [4.69, 9.17) is 15.2 Å². The van der Waals surface area contributed by atoms with Crippen molar-refractivity contribution in [2.45, 2.75) is 53.6 Å². The topological polar surface area (TPSA) is 61.5 Å². The van der Waals surface area contributed by atoms with Gasteiger partial charge in [-0.05, 0) is 39.5 Å². The molecule has 2 N–H and O–H groups in total. The highest BCUT2D eigenvalue weighted by Crippen LogP contribution is 2.31. The quantitative estimate of drug-likeness (QED) is 0.646. The van der Waals surface area contributed by atoms with Crippen molar-refractivity contribution in [1.82, 2.24) is 0 Å². The monoisotopic (exact) mass is 259 g/mol. The lowest BCUT2D eigenvalue weighted by Crippen LogP contribution is -2.42. The van der Waals surface area contributed by atoms with Gasteiger partial charge in [0.2, 0.25) is 0 Å². The van der Waals surface area contributed by atoms with Crippen LogP contribution in [-0.4, -0.2) is 31.8 Å². The molecular formula is C14H29NO3. The Morgan fingerprint density at radius 1 is 1.28 bits per heavy atom.